The van der Waals surface area contributed by atoms with Gasteiger partial charge in [-0.2, -0.15) is 0 Å². The van der Waals surface area contributed by atoms with E-state index < -0.39 is 0 Å². The first kappa shape index (κ1) is 8.55. The predicted molar refractivity (Wildman–Crippen MR) is 52.0 cm³/mol. The van der Waals surface area contributed by atoms with E-state index in [4.69, 9.17) is 0 Å². The van der Waals surface area contributed by atoms with E-state index in [1.165, 1.54) is 12.8 Å². The van der Waals surface area contributed by atoms with Gasteiger partial charge >= 0.3 is 0 Å². The minimum absolute atomic E-state index is 0.646. The van der Waals surface area contributed by atoms with E-state index in [0.29, 0.717) is 5.41 Å². The van der Waals surface area contributed by atoms with Crippen molar-refractivity contribution in [3.05, 3.63) is 0 Å². The fourth-order valence-electron chi connectivity index (χ4n) is 3.53. The van der Waals surface area contributed by atoms with Crippen molar-refractivity contribution in [2.45, 2.75) is 39.7 Å². The highest BCUT2D eigenvalue weighted by Gasteiger charge is 2.55. The Kier molecular flexibility index (Phi) is 1.76. The minimum Gasteiger partial charge on any atom is -0.317 e. The van der Waals surface area contributed by atoms with Crippen LogP contribution in [0.4, 0.5) is 0 Å². The molecule has 0 heterocycles. The lowest BCUT2D eigenvalue weighted by Gasteiger charge is -2.62. The van der Waals surface area contributed by atoms with Gasteiger partial charge in [0.1, 0.15) is 0 Å². The average molecular weight is 167 g/mol. The Hall–Kier alpha value is -0.0400. The van der Waals surface area contributed by atoms with E-state index in [2.05, 4.69) is 33.1 Å². The highest BCUT2D eigenvalue weighted by Crippen LogP contribution is 2.61. The molecule has 0 amide bonds. The highest BCUT2D eigenvalue weighted by atomic mass is 14.9. The number of nitrogens with one attached hydrogen (secondary N) is 1. The summed E-state index contributed by atoms with van der Waals surface area (Å²) in [5, 5.41) is 3.45. The van der Waals surface area contributed by atoms with Crippen molar-refractivity contribution < 1.29 is 0 Å². The van der Waals surface area contributed by atoms with Gasteiger partial charge < -0.3 is 5.32 Å². The lowest BCUT2D eigenvalue weighted by molar-refractivity contribution is -0.113. The first-order chi connectivity index (χ1) is 5.57. The smallest absolute Gasteiger partial charge is 0.00953 e. The standard InChI is InChI=1S/C11H21N/c1-7-9-5-8(11(9,2)3)6-10(7)12-4/h7-10,12H,5-6H2,1-4H3/t7-,8?,9?,10?/m0/s1. The molecule has 3 rings (SSSR count). The molecule has 0 radical (unpaired) electrons. The molecule has 0 saturated heterocycles. The Morgan fingerprint density at radius 1 is 1.25 bits per heavy atom. The van der Waals surface area contributed by atoms with Crippen LogP contribution in [-0.2, 0) is 0 Å². The van der Waals surface area contributed by atoms with Crippen LogP contribution in [0.5, 0.6) is 0 Å². The Morgan fingerprint density at radius 2 is 1.92 bits per heavy atom. The molecule has 0 spiro atoms. The fraction of sp³-hybridized carbons (Fsp3) is 1.00. The Bertz CT molecular complexity index is 185. The first-order valence-electron chi connectivity index (χ1n) is 5.24. The molecule has 0 aromatic carbocycles. The first-order valence-corrected chi connectivity index (χ1v) is 5.24. The van der Waals surface area contributed by atoms with Crippen LogP contribution >= 0.6 is 0 Å². The summed E-state index contributed by atoms with van der Waals surface area (Å²) in [4.78, 5) is 0. The zero-order valence-electron chi connectivity index (χ0n) is 8.72. The van der Waals surface area contributed by atoms with E-state index in [1.54, 1.807) is 0 Å². The van der Waals surface area contributed by atoms with Crippen LogP contribution in [0.1, 0.15) is 33.6 Å². The van der Waals surface area contributed by atoms with Crippen molar-refractivity contribution in [1.82, 2.24) is 5.32 Å². The second-order valence-electron chi connectivity index (χ2n) is 5.35. The third kappa shape index (κ3) is 0.891. The average Bonchev–Trinajstić information content (AvgIpc) is 2.03. The molecule has 12 heavy (non-hydrogen) atoms. The lowest BCUT2D eigenvalue weighted by Crippen LogP contribution is -2.59. The molecule has 4 atom stereocenters. The van der Waals surface area contributed by atoms with Gasteiger partial charge in [0, 0.05) is 6.04 Å². The summed E-state index contributed by atoms with van der Waals surface area (Å²) in [5.74, 6) is 2.86. The molecule has 2 bridgehead atoms. The van der Waals surface area contributed by atoms with E-state index in [-0.39, 0.29) is 0 Å². The molecule has 3 aliphatic rings. The summed E-state index contributed by atoms with van der Waals surface area (Å²) in [6.07, 6.45) is 2.90. The molecule has 3 fully saturated rings. The van der Waals surface area contributed by atoms with Crippen molar-refractivity contribution in [2.24, 2.45) is 23.2 Å². The van der Waals surface area contributed by atoms with Crippen molar-refractivity contribution in [3.8, 4) is 0 Å². The Labute approximate surface area is 75.9 Å². The zero-order chi connectivity index (χ0) is 8.93. The minimum atomic E-state index is 0.646. The molecule has 1 N–H and O–H groups in total. The van der Waals surface area contributed by atoms with Crippen LogP contribution in [0.15, 0.2) is 0 Å². The fourth-order valence-corrected chi connectivity index (χ4v) is 3.53. The molecule has 3 aliphatic carbocycles. The lowest BCUT2D eigenvalue weighted by atomic mass is 9.45. The molecule has 0 aliphatic heterocycles. The normalized spacial score (nSPS) is 50.0. The van der Waals surface area contributed by atoms with E-state index in [1.807, 2.05) is 0 Å². The summed E-state index contributed by atoms with van der Waals surface area (Å²) < 4.78 is 0. The Balaban J connectivity index is 2.11. The SMILES string of the molecule is CNC1CC2CC([C@@H]1C)C2(C)C. The van der Waals surface area contributed by atoms with Crippen molar-refractivity contribution >= 4 is 0 Å². The van der Waals surface area contributed by atoms with Gasteiger partial charge in [0.05, 0.1) is 0 Å². The maximum Gasteiger partial charge on any atom is 0.00953 e. The summed E-state index contributed by atoms with van der Waals surface area (Å²) in [7, 11) is 2.11. The quantitative estimate of drug-likeness (QED) is 0.632. The molecule has 3 saturated carbocycles. The maximum atomic E-state index is 3.45. The maximum absolute atomic E-state index is 3.45. The second kappa shape index (κ2) is 2.47. The molecule has 1 heteroatoms. The van der Waals surface area contributed by atoms with Crippen LogP contribution < -0.4 is 5.32 Å². The van der Waals surface area contributed by atoms with Crippen molar-refractivity contribution in [3.63, 3.8) is 0 Å². The molecule has 3 unspecified atom stereocenters. The topological polar surface area (TPSA) is 12.0 Å². The second-order valence-corrected chi connectivity index (χ2v) is 5.35. The molecule has 0 aromatic rings. The van der Waals surface area contributed by atoms with E-state index in [0.717, 1.165) is 23.8 Å². The van der Waals surface area contributed by atoms with Gasteiger partial charge in [-0.05, 0) is 43.1 Å². The largest absolute Gasteiger partial charge is 0.317 e. The van der Waals surface area contributed by atoms with Crippen LogP contribution in [0.2, 0.25) is 0 Å². The van der Waals surface area contributed by atoms with E-state index in [9.17, 15) is 0 Å². The van der Waals surface area contributed by atoms with Gasteiger partial charge in [0.25, 0.3) is 0 Å². The van der Waals surface area contributed by atoms with Crippen molar-refractivity contribution in [2.75, 3.05) is 7.05 Å². The monoisotopic (exact) mass is 167 g/mol. The summed E-state index contributed by atoms with van der Waals surface area (Å²) in [5.41, 5.74) is 0.646. The third-order valence-corrected chi connectivity index (χ3v) is 4.72. The predicted octanol–water partition coefficient (Wildman–Crippen LogP) is 2.28. The summed E-state index contributed by atoms with van der Waals surface area (Å²) >= 11 is 0. The molecule has 0 aromatic heterocycles. The zero-order valence-corrected chi connectivity index (χ0v) is 8.72. The number of hydrogen-bond acceptors (Lipinski definition) is 1. The van der Waals surface area contributed by atoms with Gasteiger partial charge in [0.15, 0.2) is 0 Å². The van der Waals surface area contributed by atoms with Crippen molar-refractivity contribution in [1.29, 1.82) is 0 Å². The van der Waals surface area contributed by atoms with Gasteiger partial charge in [0.2, 0.25) is 0 Å². The molecule has 1 nitrogen and oxygen atoms in total. The number of fused-ring (bicyclic) bond motifs is 2. The van der Waals surface area contributed by atoms with Gasteiger partial charge in [-0.3, -0.25) is 0 Å². The molecule has 70 valence electrons. The number of rotatable bonds is 1. The van der Waals surface area contributed by atoms with Crippen LogP contribution in [0.25, 0.3) is 0 Å². The van der Waals surface area contributed by atoms with Crippen LogP contribution in [0, 0.1) is 23.2 Å². The van der Waals surface area contributed by atoms with Crippen LogP contribution in [0.3, 0.4) is 0 Å². The summed E-state index contributed by atoms with van der Waals surface area (Å²) in [6.45, 7) is 7.32. The van der Waals surface area contributed by atoms with Gasteiger partial charge in [-0.15, -0.1) is 0 Å². The van der Waals surface area contributed by atoms with Gasteiger partial charge in [-0.25, -0.2) is 0 Å². The third-order valence-electron chi connectivity index (χ3n) is 4.72. The Morgan fingerprint density at radius 3 is 2.33 bits per heavy atom. The summed E-state index contributed by atoms with van der Waals surface area (Å²) in [6, 6.07) is 0.793. The number of hydrogen-bond donors (Lipinski definition) is 1. The molecular formula is C11H21N. The highest BCUT2D eigenvalue weighted by molar-refractivity contribution is 5.06. The van der Waals surface area contributed by atoms with Crippen LogP contribution in [-0.4, -0.2) is 13.1 Å². The molecular weight excluding hydrogens is 146 g/mol. The van der Waals surface area contributed by atoms with E-state index >= 15 is 0 Å². The van der Waals surface area contributed by atoms with Gasteiger partial charge in [-0.1, -0.05) is 20.8 Å².